The van der Waals surface area contributed by atoms with Crippen molar-refractivity contribution >= 4 is 11.8 Å². The van der Waals surface area contributed by atoms with Crippen LogP contribution in [0.4, 0.5) is 0 Å². The van der Waals surface area contributed by atoms with E-state index in [-0.39, 0.29) is 0 Å². The van der Waals surface area contributed by atoms with Gasteiger partial charge < -0.3 is 10.2 Å². The van der Waals surface area contributed by atoms with Crippen LogP contribution in [0.25, 0.3) is 0 Å². The lowest BCUT2D eigenvalue weighted by atomic mass is 10.4. The molecule has 0 aromatic carbocycles. The molecule has 0 aliphatic carbocycles. The van der Waals surface area contributed by atoms with E-state index >= 15 is 0 Å². The predicted octanol–water partition coefficient (Wildman–Crippen LogP) is 2.06. The van der Waals surface area contributed by atoms with E-state index in [1.165, 1.54) is 18.1 Å². The highest BCUT2D eigenvalue weighted by Gasteiger charge is 2.02. The van der Waals surface area contributed by atoms with Crippen molar-refractivity contribution in [2.24, 2.45) is 0 Å². The molecule has 0 aromatic heterocycles. The Morgan fingerprint density at radius 3 is 2.36 bits per heavy atom. The van der Waals surface area contributed by atoms with Crippen molar-refractivity contribution in [3.05, 3.63) is 0 Å². The lowest BCUT2D eigenvalue weighted by Crippen LogP contribution is -2.36. The molecule has 0 rings (SSSR count). The molecule has 0 fully saturated rings. The van der Waals surface area contributed by atoms with Crippen molar-refractivity contribution < 1.29 is 0 Å². The molecular formula is C11H26N2S. The Balaban J connectivity index is 3.33. The zero-order chi connectivity index (χ0) is 10.8. The summed E-state index contributed by atoms with van der Waals surface area (Å²) in [5.41, 5.74) is 0. The average Bonchev–Trinajstić information content (AvgIpc) is 2.21. The van der Waals surface area contributed by atoms with Crippen molar-refractivity contribution in [3.8, 4) is 0 Å². The van der Waals surface area contributed by atoms with Gasteiger partial charge in [-0.25, -0.2) is 0 Å². The van der Waals surface area contributed by atoms with Crippen molar-refractivity contribution in [2.45, 2.75) is 33.7 Å². The third-order valence-electron chi connectivity index (χ3n) is 2.39. The number of nitrogens with one attached hydrogen (secondary N) is 1. The molecule has 1 N–H and O–H groups in total. The van der Waals surface area contributed by atoms with Crippen molar-refractivity contribution in [1.29, 1.82) is 0 Å². The number of thioether (sulfide) groups is 1. The van der Waals surface area contributed by atoms with Crippen LogP contribution in [0.5, 0.6) is 0 Å². The highest BCUT2D eigenvalue weighted by molar-refractivity contribution is 7.99. The van der Waals surface area contributed by atoms with Gasteiger partial charge in [0.15, 0.2) is 0 Å². The highest BCUT2D eigenvalue weighted by atomic mass is 32.2. The minimum absolute atomic E-state index is 0.649. The van der Waals surface area contributed by atoms with Crippen LogP contribution < -0.4 is 5.32 Å². The van der Waals surface area contributed by atoms with Crippen LogP contribution in [0.15, 0.2) is 0 Å². The molecular weight excluding hydrogens is 192 g/mol. The number of likely N-dealkylation sites (N-methyl/N-ethyl adjacent to an activating group) is 1. The fourth-order valence-electron chi connectivity index (χ4n) is 1.36. The van der Waals surface area contributed by atoms with Gasteiger partial charge in [0.2, 0.25) is 0 Å². The molecule has 0 amide bonds. The van der Waals surface area contributed by atoms with Crippen LogP contribution in [0.2, 0.25) is 0 Å². The highest BCUT2D eigenvalue weighted by Crippen LogP contribution is 2.00. The van der Waals surface area contributed by atoms with Crippen LogP contribution in [0.3, 0.4) is 0 Å². The quantitative estimate of drug-likeness (QED) is 0.638. The van der Waals surface area contributed by atoms with E-state index in [1.54, 1.807) is 0 Å². The molecule has 0 bridgehead atoms. The van der Waals surface area contributed by atoms with Crippen LogP contribution in [0.1, 0.15) is 27.7 Å². The van der Waals surface area contributed by atoms with Gasteiger partial charge in [-0.15, -0.1) is 0 Å². The zero-order valence-electron chi connectivity index (χ0n) is 10.2. The summed E-state index contributed by atoms with van der Waals surface area (Å²) < 4.78 is 0. The summed E-state index contributed by atoms with van der Waals surface area (Å²) in [4.78, 5) is 2.45. The Bertz CT molecular complexity index is 116. The molecule has 1 unspecified atom stereocenters. The molecule has 0 spiro atoms. The Labute approximate surface area is 93.8 Å². The third kappa shape index (κ3) is 7.65. The molecule has 3 heteroatoms. The molecule has 2 nitrogen and oxygen atoms in total. The van der Waals surface area contributed by atoms with E-state index in [9.17, 15) is 0 Å². The van der Waals surface area contributed by atoms with Gasteiger partial charge in [-0.1, -0.05) is 20.8 Å². The first-order valence-electron chi connectivity index (χ1n) is 5.78. The summed E-state index contributed by atoms with van der Waals surface area (Å²) in [6.45, 7) is 13.5. The second-order valence-corrected chi connectivity index (χ2v) is 4.86. The second kappa shape index (κ2) is 9.81. The van der Waals surface area contributed by atoms with Gasteiger partial charge in [0.25, 0.3) is 0 Å². The predicted molar refractivity (Wildman–Crippen MR) is 68.3 cm³/mol. The molecule has 14 heavy (non-hydrogen) atoms. The van der Waals surface area contributed by atoms with E-state index in [0.29, 0.717) is 6.04 Å². The summed E-state index contributed by atoms with van der Waals surface area (Å²) in [5, 5.41) is 3.55. The van der Waals surface area contributed by atoms with Crippen LogP contribution in [0, 0.1) is 0 Å². The molecule has 0 radical (unpaired) electrons. The first kappa shape index (κ1) is 14.3. The van der Waals surface area contributed by atoms with Crippen LogP contribution >= 0.6 is 11.8 Å². The van der Waals surface area contributed by atoms with Gasteiger partial charge in [0, 0.05) is 24.9 Å². The summed E-state index contributed by atoms with van der Waals surface area (Å²) in [6.07, 6.45) is 0. The summed E-state index contributed by atoms with van der Waals surface area (Å²) >= 11 is 2.01. The van der Waals surface area contributed by atoms with Gasteiger partial charge in [-0.05, 0) is 25.8 Å². The Kier molecular flexibility index (Phi) is 10.0. The first-order valence-corrected chi connectivity index (χ1v) is 6.93. The van der Waals surface area contributed by atoms with Crippen LogP contribution in [-0.4, -0.2) is 48.6 Å². The lowest BCUT2D eigenvalue weighted by molar-refractivity contribution is 0.299. The third-order valence-corrected chi connectivity index (χ3v) is 3.53. The van der Waals surface area contributed by atoms with Gasteiger partial charge >= 0.3 is 0 Å². The zero-order valence-corrected chi connectivity index (χ0v) is 11.0. The summed E-state index contributed by atoms with van der Waals surface area (Å²) in [7, 11) is 0. The largest absolute Gasteiger partial charge is 0.312 e. The van der Waals surface area contributed by atoms with E-state index in [0.717, 1.165) is 19.6 Å². The smallest absolute Gasteiger partial charge is 0.0130 e. The molecule has 0 aliphatic rings. The second-order valence-electron chi connectivity index (χ2n) is 3.54. The number of hydrogen-bond acceptors (Lipinski definition) is 3. The Morgan fingerprint density at radius 1 is 1.21 bits per heavy atom. The van der Waals surface area contributed by atoms with Crippen molar-refractivity contribution in [1.82, 2.24) is 10.2 Å². The standard InChI is InChI=1S/C11H26N2S/c1-5-13(6-2)9-8-12-11(4)10-14-7-3/h11-12H,5-10H2,1-4H3. The van der Waals surface area contributed by atoms with E-state index < -0.39 is 0 Å². The maximum absolute atomic E-state index is 3.55. The molecule has 86 valence electrons. The molecule has 0 aliphatic heterocycles. The number of hydrogen-bond donors (Lipinski definition) is 1. The van der Waals surface area contributed by atoms with Gasteiger partial charge in [-0.2, -0.15) is 11.8 Å². The normalized spacial score (nSPS) is 13.5. The van der Waals surface area contributed by atoms with Gasteiger partial charge in [0.05, 0.1) is 0 Å². The van der Waals surface area contributed by atoms with Crippen molar-refractivity contribution in [2.75, 3.05) is 37.7 Å². The van der Waals surface area contributed by atoms with E-state index in [2.05, 4.69) is 37.9 Å². The molecule has 0 saturated carbocycles. The Hall–Kier alpha value is 0.270. The average molecular weight is 218 g/mol. The number of nitrogens with zero attached hydrogens (tertiary/aromatic N) is 1. The minimum Gasteiger partial charge on any atom is -0.312 e. The summed E-state index contributed by atoms with van der Waals surface area (Å²) in [5.74, 6) is 2.46. The fourth-order valence-corrected chi connectivity index (χ4v) is 2.07. The summed E-state index contributed by atoms with van der Waals surface area (Å²) in [6, 6.07) is 0.649. The van der Waals surface area contributed by atoms with Gasteiger partial charge in [0.1, 0.15) is 0 Å². The molecule has 1 atom stereocenters. The van der Waals surface area contributed by atoms with E-state index in [4.69, 9.17) is 0 Å². The van der Waals surface area contributed by atoms with Crippen molar-refractivity contribution in [3.63, 3.8) is 0 Å². The molecule has 0 heterocycles. The topological polar surface area (TPSA) is 15.3 Å². The van der Waals surface area contributed by atoms with Crippen LogP contribution in [-0.2, 0) is 0 Å². The minimum atomic E-state index is 0.649. The SMILES string of the molecule is CCSCC(C)NCCN(CC)CC. The monoisotopic (exact) mass is 218 g/mol. The molecule has 0 aromatic rings. The maximum Gasteiger partial charge on any atom is 0.0130 e. The van der Waals surface area contributed by atoms with E-state index in [1.807, 2.05) is 11.8 Å². The fraction of sp³-hybridized carbons (Fsp3) is 1.00. The van der Waals surface area contributed by atoms with Gasteiger partial charge in [-0.3, -0.25) is 0 Å². The lowest BCUT2D eigenvalue weighted by Gasteiger charge is -2.20. The Morgan fingerprint density at radius 2 is 1.86 bits per heavy atom. The first-order chi connectivity index (χ1) is 6.74. The molecule has 0 saturated heterocycles. The number of rotatable bonds is 9. The maximum atomic E-state index is 3.55.